The molecule has 2 atom stereocenters. The maximum absolute atomic E-state index is 12.4. The fraction of sp³-hybridized carbons (Fsp3) is 0.562. The predicted molar refractivity (Wildman–Crippen MR) is 80.4 cm³/mol. The molecule has 1 saturated heterocycles. The molecule has 0 aliphatic carbocycles. The van der Waals surface area contributed by atoms with Gasteiger partial charge in [-0.25, -0.2) is 0 Å². The van der Waals surface area contributed by atoms with Crippen LogP contribution >= 0.6 is 0 Å². The van der Waals surface area contributed by atoms with Gasteiger partial charge in [0.15, 0.2) is 0 Å². The van der Waals surface area contributed by atoms with Crippen molar-refractivity contribution in [2.24, 2.45) is 5.92 Å². The van der Waals surface area contributed by atoms with Crippen LogP contribution < -0.4 is 5.32 Å². The molecule has 5 heteroatoms. The lowest BCUT2D eigenvalue weighted by Gasteiger charge is -2.27. The van der Waals surface area contributed by atoms with Gasteiger partial charge < -0.3 is 10.2 Å². The monoisotopic (exact) mass is 289 g/mol. The van der Waals surface area contributed by atoms with E-state index >= 15 is 0 Å². The number of hydrogen-bond acceptors (Lipinski definition) is 3. The van der Waals surface area contributed by atoms with Gasteiger partial charge in [-0.1, -0.05) is 13.8 Å². The zero-order chi connectivity index (χ0) is 15.4. The molecule has 1 fully saturated rings. The molecule has 0 saturated carbocycles. The Morgan fingerprint density at radius 1 is 1.29 bits per heavy atom. The molecule has 1 aromatic heterocycles. The summed E-state index contributed by atoms with van der Waals surface area (Å²) in [7, 11) is 0. The largest absolute Gasteiger partial charge is 0.348 e. The summed E-state index contributed by atoms with van der Waals surface area (Å²) in [6.07, 6.45) is 5.05. The van der Waals surface area contributed by atoms with Crippen LogP contribution in [0.4, 0.5) is 0 Å². The Balaban J connectivity index is 2.01. The Morgan fingerprint density at radius 3 is 2.57 bits per heavy atom. The number of likely N-dealkylation sites (tertiary alicyclic amines) is 1. The third kappa shape index (κ3) is 3.60. The van der Waals surface area contributed by atoms with Gasteiger partial charge in [0.05, 0.1) is 6.04 Å². The molecular weight excluding hydrogens is 266 g/mol. The Hall–Kier alpha value is -1.91. The van der Waals surface area contributed by atoms with E-state index in [0.29, 0.717) is 6.54 Å². The predicted octanol–water partition coefficient (Wildman–Crippen LogP) is 1.91. The summed E-state index contributed by atoms with van der Waals surface area (Å²) >= 11 is 0. The van der Waals surface area contributed by atoms with Gasteiger partial charge in [-0.2, -0.15) is 0 Å². The van der Waals surface area contributed by atoms with E-state index in [-0.39, 0.29) is 29.8 Å². The fourth-order valence-electron chi connectivity index (χ4n) is 2.68. The lowest BCUT2D eigenvalue weighted by atomic mass is 10.1. The zero-order valence-corrected chi connectivity index (χ0v) is 12.9. The number of rotatable bonds is 4. The van der Waals surface area contributed by atoms with Gasteiger partial charge in [0, 0.05) is 24.9 Å². The van der Waals surface area contributed by atoms with Gasteiger partial charge in [-0.3, -0.25) is 14.6 Å². The van der Waals surface area contributed by atoms with E-state index in [4.69, 9.17) is 0 Å². The van der Waals surface area contributed by atoms with Crippen LogP contribution in [0.25, 0.3) is 0 Å². The number of hydrogen-bond donors (Lipinski definition) is 1. The van der Waals surface area contributed by atoms with Crippen molar-refractivity contribution in [1.29, 1.82) is 0 Å². The Labute approximate surface area is 125 Å². The summed E-state index contributed by atoms with van der Waals surface area (Å²) in [6.45, 7) is 6.36. The summed E-state index contributed by atoms with van der Waals surface area (Å²) in [5, 5.41) is 3.00. The van der Waals surface area contributed by atoms with Crippen molar-refractivity contribution in [2.45, 2.75) is 45.7 Å². The van der Waals surface area contributed by atoms with Gasteiger partial charge in [0.25, 0.3) is 0 Å². The van der Waals surface area contributed by atoms with Crippen LogP contribution in [0.2, 0.25) is 0 Å². The van der Waals surface area contributed by atoms with Crippen LogP contribution in [0.5, 0.6) is 0 Å². The maximum atomic E-state index is 12.4. The second kappa shape index (κ2) is 6.70. The molecule has 2 unspecified atom stereocenters. The smallest absolute Gasteiger partial charge is 0.243 e. The van der Waals surface area contributed by atoms with Crippen molar-refractivity contribution in [3.05, 3.63) is 30.1 Å². The number of carbonyl (C=O) groups is 2. The van der Waals surface area contributed by atoms with Crippen LogP contribution in [0, 0.1) is 5.92 Å². The molecule has 114 valence electrons. The summed E-state index contributed by atoms with van der Waals surface area (Å²) < 4.78 is 0. The van der Waals surface area contributed by atoms with E-state index in [2.05, 4.69) is 10.3 Å². The van der Waals surface area contributed by atoms with Crippen LogP contribution in [-0.2, 0) is 9.59 Å². The summed E-state index contributed by atoms with van der Waals surface area (Å²) in [5.41, 5.74) is 1.01. The Bertz CT molecular complexity index is 502. The van der Waals surface area contributed by atoms with E-state index in [9.17, 15) is 9.59 Å². The van der Waals surface area contributed by atoms with Gasteiger partial charge in [0.1, 0.15) is 6.04 Å². The highest BCUT2D eigenvalue weighted by Gasteiger charge is 2.35. The third-order valence-corrected chi connectivity index (χ3v) is 3.90. The summed E-state index contributed by atoms with van der Waals surface area (Å²) in [5.74, 6) is -0.0777. The number of nitrogens with zero attached hydrogens (tertiary/aromatic N) is 2. The van der Waals surface area contributed by atoms with Crippen molar-refractivity contribution in [2.75, 3.05) is 6.54 Å². The molecule has 1 aromatic rings. The average molecular weight is 289 g/mol. The van der Waals surface area contributed by atoms with Crippen molar-refractivity contribution in [1.82, 2.24) is 15.2 Å². The number of carbonyl (C=O) groups excluding carboxylic acids is 2. The highest BCUT2D eigenvalue weighted by Crippen LogP contribution is 2.21. The molecular formula is C16H23N3O2. The normalized spacial score (nSPS) is 19.6. The lowest BCUT2D eigenvalue weighted by Crippen LogP contribution is -2.47. The third-order valence-electron chi connectivity index (χ3n) is 3.90. The molecule has 2 amide bonds. The number of amides is 2. The van der Waals surface area contributed by atoms with Crippen LogP contribution in [-0.4, -0.2) is 34.3 Å². The molecule has 2 heterocycles. The average Bonchev–Trinajstić information content (AvgIpc) is 2.96. The lowest BCUT2D eigenvalue weighted by molar-refractivity contribution is -0.141. The first-order chi connectivity index (χ1) is 10.0. The van der Waals surface area contributed by atoms with E-state index < -0.39 is 0 Å². The number of nitrogens with one attached hydrogen (secondary N) is 1. The summed E-state index contributed by atoms with van der Waals surface area (Å²) in [4.78, 5) is 30.3. The molecule has 21 heavy (non-hydrogen) atoms. The number of aromatic nitrogens is 1. The van der Waals surface area contributed by atoms with Crippen molar-refractivity contribution >= 4 is 11.8 Å². The van der Waals surface area contributed by atoms with Crippen LogP contribution in [0.15, 0.2) is 24.5 Å². The zero-order valence-electron chi connectivity index (χ0n) is 12.9. The standard InChI is InChI=1S/C16H23N3O2/c1-11(2)16(21)19-10-4-5-14(19)15(20)18-12(3)13-6-8-17-9-7-13/h6-9,11-12,14H,4-5,10H2,1-3H3,(H,18,20). The first kappa shape index (κ1) is 15.5. The topological polar surface area (TPSA) is 62.3 Å². The van der Waals surface area contributed by atoms with Gasteiger partial charge >= 0.3 is 0 Å². The Kier molecular flexibility index (Phi) is 4.94. The van der Waals surface area contributed by atoms with E-state index in [0.717, 1.165) is 18.4 Å². The first-order valence-corrected chi connectivity index (χ1v) is 7.51. The molecule has 1 aliphatic rings. The molecule has 0 bridgehead atoms. The van der Waals surface area contributed by atoms with E-state index in [1.165, 1.54) is 0 Å². The second-order valence-corrected chi connectivity index (χ2v) is 5.86. The van der Waals surface area contributed by atoms with Gasteiger partial charge in [0.2, 0.25) is 11.8 Å². The molecule has 2 rings (SSSR count). The molecule has 1 aliphatic heterocycles. The van der Waals surface area contributed by atoms with Crippen LogP contribution in [0.3, 0.4) is 0 Å². The maximum Gasteiger partial charge on any atom is 0.243 e. The molecule has 0 radical (unpaired) electrons. The minimum atomic E-state index is -0.329. The van der Waals surface area contributed by atoms with Crippen molar-refractivity contribution in [3.63, 3.8) is 0 Å². The molecule has 5 nitrogen and oxygen atoms in total. The second-order valence-electron chi connectivity index (χ2n) is 5.86. The highest BCUT2D eigenvalue weighted by atomic mass is 16.2. The Morgan fingerprint density at radius 2 is 1.95 bits per heavy atom. The van der Waals surface area contributed by atoms with E-state index in [1.54, 1.807) is 17.3 Å². The molecule has 1 N–H and O–H groups in total. The van der Waals surface area contributed by atoms with Gasteiger partial charge in [-0.15, -0.1) is 0 Å². The first-order valence-electron chi connectivity index (χ1n) is 7.51. The molecule has 0 aromatic carbocycles. The van der Waals surface area contributed by atoms with Crippen LogP contribution in [0.1, 0.15) is 45.2 Å². The minimum Gasteiger partial charge on any atom is -0.348 e. The fourth-order valence-corrected chi connectivity index (χ4v) is 2.68. The SMILES string of the molecule is CC(C)C(=O)N1CCCC1C(=O)NC(C)c1ccncc1. The van der Waals surface area contributed by atoms with E-state index in [1.807, 2.05) is 32.9 Å². The quantitative estimate of drug-likeness (QED) is 0.921. The molecule has 0 spiro atoms. The minimum absolute atomic E-state index is 0.0595. The van der Waals surface area contributed by atoms with Crippen molar-refractivity contribution in [3.8, 4) is 0 Å². The van der Waals surface area contributed by atoms with Gasteiger partial charge in [-0.05, 0) is 37.5 Å². The van der Waals surface area contributed by atoms with Crippen molar-refractivity contribution < 1.29 is 9.59 Å². The summed E-state index contributed by atoms with van der Waals surface area (Å²) in [6, 6.07) is 3.36. The number of pyridine rings is 1. The highest BCUT2D eigenvalue weighted by molar-refractivity contribution is 5.89.